The van der Waals surface area contributed by atoms with E-state index in [9.17, 15) is 23.1 Å². The highest BCUT2D eigenvalue weighted by Crippen LogP contribution is 2.35. The number of aliphatic hydroxyl groups excluding tert-OH is 1. The number of alkyl halides is 3. The van der Waals surface area contributed by atoms with E-state index in [0.717, 1.165) is 6.07 Å². The summed E-state index contributed by atoms with van der Waals surface area (Å²) in [5.41, 5.74) is -0.909. The molecule has 2 rings (SSSR count). The second kappa shape index (κ2) is 8.50. The molecule has 1 aromatic rings. The lowest BCUT2D eigenvalue weighted by Gasteiger charge is -2.28. The number of ether oxygens (including phenoxy) is 2. The van der Waals surface area contributed by atoms with Gasteiger partial charge in [-0.2, -0.15) is 13.2 Å². The van der Waals surface area contributed by atoms with Gasteiger partial charge in [0.1, 0.15) is 24.6 Å². The fraction of sp³-hybridized carbons (Fsp3) is 0.562. The van der Waals surface area contributed by atoms with Gasteiger partial charge in [0, 0.05) is 26.7 Å². The standard InChI is InChI=1S/C16H21F3N2O4/c1-21(15(23)14-8-20-6-7-24-14)9-11(22)10-25-13-5-3-2-4-12(13)16(17,18)19/h2-5,11,14,20,22H,6-10H2,1H3/t11-,14-/m1/s1. The number of likely N-dealkylation sites (N-methyl/N-ethyl adjacent to an activating group) is 1. The SMILES string of the molecule is CN(C[C@@H](O)COc1ccccc1C(F)(F)F)C(=O)[C@H]1CNCCO1. The number of para-hydroxylation sites is 1. The maximum absolute atomic E-state index is 12.9. The predicted octanol–water partition coefficient (Wildman–Crippen LogP) is 0.892. The van der Waals surface area contributed by atoms with Gasteiger partial charge in [-0.3, -0.25) is 4.79 Å². The van der Waals surface area contributed by atoms with Crippen LogP contribution in [0, 0.1) is 0 Å². The van der Waals surface area contributed by atoms with Gasteiger partial charge in [-0.05, 0) is 12.1 Å². The van der Waals surface area contributed by atoms with Crippen molar-refractivity contribution >= 4 is 5.91 Å². The van der Waals surface area contributed by atoms with Gasteiger partial charge >= 0.3 is 6.18 Å². The number of benzene rings is 1. The van der Waals surface area contributed by atoms with Crippen molar-refractivity contribution in [3.05, 3.63) is 29.8 Å². The van der Waals surface area contributed by atoms with Gasteiger partial charge in [0.2, 0.25) is 0 Å². The Labute approximate surface area is 143 Å². The smallest absolute Gasteiger partial charge is 0.419 e. The van der Waals surface area contributed by atoms with Crippen LogP contribution in [0.2, 0.25) is 0 Å². The van der Waals surface area contributed by atoms with Gasteiger partial charge in [0.25, 0.3) is 5.91 Å². The zero-order valence-electron chi connectivity index (χ0n) is 13.8. The topological polar surface area (TPSA) is 71.0 Å². The van der Waals surface area contributed by atoms with Crippen LogP contribution in [0.5, 0.6) is 5.75 Å². The number of hydrogen-bond acceptors (Lipinski definition) is 5. The van der Waals surface area contributed by atoms with Gasteiger partial charge in [-0.25, -0.2) is 0 Å². The van der Waals surface area contributed by atoms with Crippen molar-refractivity contribution in [3.63, 3.8) is 0 Å². The Bertz CT molecular complexity index is 577. The number of halogens is 3. The van der Waals surface area contributed by atoms with E-state index < -0.39 is 23.9 Å². The number of aliphatic hydroxyl groups is 1. The summed E-state index contributed by atoms with van der Waals surface area (Å²) in [5, 5.41) is 13.0. The maximum Gasteiger partial charge on any atom is 0.419 e. The normalized spacial score (nSPS) is 19.3. The fourth-order valence-electron chi connectivity index (χ4n) is 2.44. The lowest BCUT2D eigenvalue weighted by molar-refractivity contribution is -0.145. The third kappa shape index (κ3) is 5.58. The summed E-state index contributed by atoms with van der Waals surface area (Å²) in [4.78, 5) is 13.4. The molecule has 140 valence electrons. The highest BCUT2D eigenvalue weighted by molar-refractivity contribution is 5.81. The van der Waals surface area contributed by atoms with Gasteiger partial charge in [0.15, 0.2) is 0 Å². The average molecular weight is 362 g/mol. The van der Waals surface area contributed by atoms with E-state index in [4.69, 9.17) is 9.47 Å². The fourth-order valence-corrected chi connectivity index (χ4v) is 2.44. The molecule has 25 heavy (non-hydrogen) atoms. The number of amides is 1. The Balaban J connectivity index is 1.86. The van der Waals surface area contributed by atoms with Crippen molar-refractivity contribution in [1.29, 1.82) is 0 Å². The second-order valence-electron chi connectivity index (χ2n) is 5.74. The largest absolute Gasteiger partial charge is 0.490 e. The average Bonchev–Trinajstić information content (AvgIpc) is 2.59. The van der Waals surface area contributed by atoms with Gasteiger partial charge in [-0.15, -0.1) is 0 Å². The number of nitrogens with one attached hydrogen (secondary N) is 1. The Hall–Kier alpha value is -1.84. The molecular formula is C16H21F3N2O4. The summed E-state index contributed by atoms with van der Waals surface area (Å²) >= 11 is 0. The lowest BCUT2D eigenvalue weighted by Crippen LogP contribution is -2.50. The molecule has 1 heterocycles. The van der Waals surface area contributed by atoms with Gasteiger partial charge in [0.05, 0.1) is 12.2 Å². The first-order valence-electron chi connectivity index (χ1n) is 7.83. The van der Waals surface area contributed by atoms with Crippen molar-refractivity contribution in [2.24, 2.45) is 0 Å². The van der Waals surface area contributed by atoms with E-state index >= 15 is 0 Å². The number of hydrogen-bond donors (Lipinski definition) is 2. The van der Waals surface area contributed by atoms with E-state index in [-0.39, 0.29) is 24.8 Å². The second-order valence-corrected chi connectivity index (χ2v) is 5.74. The summed E-state index contributed by atoms with van der Waals surface area (Å²) < 4.78 is 49.1. The minimum atomic E-state index is -4.54. The molecule has 1 aromatic carbocycles. The molecule has 0 saturated carbocycles. The third-order valence-electron chi connectivity index (χ3n) is 3.69. The molecule has 1 saturated heterocycles. The predicted molar refractivity (Wildman–Crippen MR) is 83.2 cm³/mol. The Kier molecular flexibility index (Phi) is 6.63. The third-order valence-corrected chi connectivity index (χ3v) is 3.69. The molecule has 0 spiro atoms. The zero-order valence-corrected chi connectivity index (χ0v) is 13.8. The van der Waals surface area contributed by atoms with E-state index in [0.29, 0.717) is 19.7 Å². The first-order chi connectivity index (χ1) is 11.8. The molecule has 1 fully saturated rings. The molecule has 9 heteroatoms. The van der Waals surface area contributed by atoms with Crippen LogP contribution in [0.1, 0.15) is 5.56 Å². The molecule has 1 aliphatic heterocycles. The molecule has 0 aliphatic carbocycles. The van der Waals surface area contributed by atoms with Gasteiger partial charge in [-0.1, -0.05) is 12.1 Å². The number of morpholine rings is 1. The molecule has 0 bridgehead atoms. The minimum absolute atomic E-state index is 0.0765. The van der Waals surface area contributed by atoms with Crippen molar-refractivity contribution < 1.29 is 32.5 Å². The summed E-state index contributed by atoms with van der Waals surface area (Å²) in [5.74, 6) is -0.662. The van der Waals surface area contributed by atoms with Crippen LogP contribution in [0.15, 0.2) is 24.3 Å². The first kappa shape index (κ1) is 19.5. The number of nitrogens with zero attached hydrogens (tertiary/aromatic N) is 1. The molecule has 1 aliphatic rings. The van der Waals surface area contributed by atoms with E-state index in [1.165, 1.54) is 30.1 Å². The summed E-state index contributed by atoms with van der Waals surface area (Å²) in [7, 11) is 1.49. The van der Waals surface area contributed by atoms with Crippen LogP contribution in [0.3, 0.4) is 0 Å². The van der Waals surface area contributed by atoms with Crippen LogP contribution in [-0.2, 0) is 15.7 Å². The summed E-state index contributed by atoms with van der Waals surface area (Å²) in [6, 6.07) is 4.77. The summed E-state index contributed by atoms with van der Waals surface area (Å²) in [6.45, 7) is 1.03. The molecule has 0 aromatic heterocycles. The lowest BCUT2D eigenvalue weighted by atomic mass is 10.2. The number of carbonyl (C=O) groups is 1. The Morgan fingerprint density at radius 2 is 2.20 bits per heavy atom. The number of rotatable bonds is 6. The molecule has 2 N–H and O–H groups in total. The van der Waals surface area contributed by atoms with Gasteiger partial charge < -0.3 is 24.8 Å². The zero-order chi connectivity index (χ0) is 18.4. The first-order valence-corrected chi connectivity index (χ1v) is 7.83. The van der Waals surface area contributed by atoms with Crippen molar-refractivity contribution in [1.82, 2.24) is 10.2 Å². The van der Waals surface area contributed by atoms with E-state index in [1.54, 1.807) is 0 Å². The van der Waals surface area contributed by atoms with Crippen molar-refractivity contribution in [2.75, 3.05) is 39.9 Å². The molecule has 0 radical (unpaired) electrons. The van der Waals surface area contributed by atoms with E-state index in [1.807, 2.05) is 0 Å². The minimum Gasteiger partial charge on any atom is -0.490 e. The Morgan fingerprint density at radius 1 is 1.48 bits per heavy atom. The van der Waals surface area contributed by atoms with Crippen LogP contribution in [0.4, 0.5) is 13.2 Å². The molecule has 2 atom stereocenters. The summed E-state index contributed by atoms with van der Waals surface area (Å²) in [6.07, 6.45) is -6.30. The number of carbonyl (C=O) groups excluding carboxylic acids is 1. The Morgan fingerprint density at radius 3 is 2.84 bits per heavy atom. The van der Waals surface area contributed by atoms with Crippen LogP contribution in [0.25, 0.3) is 0 Å². The van der Waals surface area contributed by atoms with Crippen LogP contribution < -0.4 is 10.1 Å². The molecule has 1 amide bonds. The molecular weight excluding hydrogens is 341 g/mol. The molecule has 0 unspecified atom stereocenters. The van der Waals surface area contributed by atoms with E-state index in [2.05, 4.69) is 5.32 Å². The quantitative estimate of drug-likeness (QED) is 0.787. The highest BCUT2D eigenvalue weighted by atomic mass is 19.4. The van der Waals surface area contributed by atoms with Crippen LogP contribution in [-0.4, -0.2) is 68.0 Å². The maximum atomic E-state index is 12.9. The van der Waals surface area contributed by atoms with Crippen molar-refractivity contribution in [3.8, 4) is 5.75 Å². The highest BCUT2D eigenvalue weighted by Gasteiger charge is 2.34. The van der Waals surface area contributed by atoms with Crippen molar-refractivity contribution in [2.45, 2.75) is 18.4 Å². The monoisotopic (exact) mass is 362 g/mol. The van der Waals surface area contributed by atoms with Crippen LogP contribution >= 0.6 is 0 Å². The molecule has 6 nitrogen and oxygen atoms in total.